The molecule has 0 saturated heterocycles. The van der Waals surface area contributed by atoms with E-state index >= 15 is 0 Å². The Morgan fingerprint density at radius 3 is 2.74 bits per heavy atom. The first-order valence-corrected chi connectivity index (χ1v) is 10.7. The predicted octanol–water partition coefficient (Wildman–Crippen LogP) is 2.88. The minimum Gasteiger partial charge on any atom is -0.486 e. The van der Waals surface area contributed by atoms with E-state index < -0.39 is 11.9 Å². The number of nitrogens with zero attached hydrogens (tertiary/aromatic N) is 2. The molecule has 0 saturated carbocycles. The number of halogens is 1. The van der Waals surface area contributed by atoms with E-state index in [1.165, 1.54) is 0 Å². The van der Waals surface area contributed by atoms with E-state index in [1.807, 2.05) is 30.3 Å². The number of fused-ring (bicyclic) bond motifs is 1. The third-order valence-electron chi connectivity index (χ3n) is 4.23. The molecular weight excluding hydrogens is 442 g/mol. The summed E-state index contributed by atoms with van der Waals surface area (Å²) in [6, 6.07) is 13.8. The summed E-state index contributed by atoms with van der Waals surface area (Å²) in [6.07, 6.45) is -0.343. The quantitative estimate of drug-likeness (QED) is 0.485. The highest BCUT2D eigenvalue weighted by atomic mass is 35.5. The second-order valence-electron chi connectivity index (χ2n) is 6.52. The van der Waals surface area contributed by atoms with E-state index in [1.54, 1.807) is 18.2 Å². The number of amides is 3. The van der Waals surface area contributed by atoms with Crippen LogP contribution in [0, 0.1) is 0 Å². The lowest BCUT2D eigenvalue weighted by atomic mass is 10.2. The summed E-state index contributed by atoms with van der Waals surface area (Å²) in [5.41, 5.74) is 0.823. The average molecular weight is 460 g/mol. The largest absolute Gasteiger partial charge is 0.486 e. The number of carbonyl (C=O) groups is 2. The Hall–Kier alpha value is -3.24. The van der Waals surface area contributed by atoms with Crippen molar-refractivity contribution >= 4 is 35.3 Å². The number of benzene rings is 2. The van der Waals surface area contributed by atoms with Crippen molar-refractivity contribution < 1.29 is 19.1 Å². The van der Waals surface area contributed by atoms with Gasteiger partial charge in [0.25, 0.3) is 0 Å². The smallest absolute Gasteiger partial charge is 0.321 e. The molecule has 0 radical (unpaired) electrons. The van der Waals surface area contributed by atoms with Gasteiger partial charge in [0.1, 0.15) is 6.61 Å². The van der Waals surface area contributed by atoms with Crippen molar-refractivity contribution in [1.82, 2.24) is 25.8 Å². The molecular formula is C20H18ClN5O4S. The van der Waals surface area contributed by atoms with Crippen molar-refractivity contribution in [2.24, 2.45) is 0 Å². The molecule has 2 aromatic carbocycles. The highest BCUT2D eigenvalue weighted by molar-refractivity contribution is 7.99. The number of aromatic amines is 1. The van der Waals surface area contributed by atoms with Crippen LogP contribution in [0.4, 0.5) is 4.79 Å². The Balaban J connectivity index is 1.19. The van der Waals surface area contributed by atoms with Gasteiger partial charge < -0.3 is 14.8 Å². The molecule has 2 heterocycles. The van der Waals surface area contributed by atoms with E-state index in [4.69, 9.17) is 21.1 Å². The van der Waals surface area contributed by atoms with Crippen LogP contribution in [-0.4, -0.2) is 52.1 Å². The van der Waals surface area contributed by atoms with Gasteiger partial charge in [-0.1, -0.05) is 35.5 Å². The molecule has 160 valence electrons. The van der Waals surface area contributed by atoms with Gasteiger partial charge in [-0.15, -0.1) is 5.10 Å². The molecule has 31 heavy (non-hydrogen) atoms. The third kappa shape index (κ3) is 5.68. The van der Waals surface area contributed by atoms with E-state index in [-0.39, 0.29) is 18.4 Å². The van der Waals surface area contributed by atoms with Gasteiger partial charge in [0.05, 0.1) is 12.3 Å². The number of urea groups is 1. The first-order valence-electron chi connectivity index (χ1n) is 9.34. The van der Waals surface area contributed by atoms with E-state index in [2.05, 4.69) is 25.8 Å². The topological polar surface area (TPSA) is 118 Å². The molecule has 1 aliphatic heterocycles. The third-order valence-corrected chi connectivity index (χ3v) is 5.32. The van der Waals surface area contributed by atoms with Gasteiger partial charge in [0.2, 0.25) is 11.1 Å². The Kier molecular flexibility index (Phi) is 6.58. The number of para-hydroxylation sites is 2. The summed E-state index contributed by atoms with van der Waals surface area (Å²) in [4.78, 5) is 28.3. The van der Waals surface area contributed by atoms with Crippen LogP contribution in [-0.2, 0) is 4.79 Å². The maximum atomic E-state index is 12.0. The maximum Gasteiger partial charge on any atom is 0.321 e. The highest BCUT2D eigenvalue weighted by Gasteiger charge is 2.21. The summed E-state index contributed by atoms with van der Waals surface area (Å²) in [6.45, 7) is 0.508. The molecule has 0 aliphatic carbocycles. The summed E-state index contributed by atoms with van der Waals surface area (Å²) in [5, 5.41) is 12.8. The number of thioether (sulfide) groups is 1. The van der Waals surface area contributed by atoms with Crippen LogP contribution >= 0.6 is 23.4 Å². The summed E-state index contributed by atoms with van der Waals surface area (Å²) in [5.74, 6) is 1.38. The van der Waals surface area contributed by atoms with E-state index in [9.17, 15) is 9.59 Å². The molecule has 1 aliphatic rings. The van der Waals surface area contributed by atoms with Crippen LogP contribution in [0.5, 0.6) is 11.5 Å². The van der Waals surface area contributed by atoms with Gasteiger partial charge >= 0.3 is 6.03 Å². The van der Waals surface area contributed by atoms with Crippen LogP contribution in [0.15, 0.2) is 53.7 Å². The fourth-order valence-corrected chi connectivity index (χ4v) is 3.48. The lowest BCUT2D eigenvalue weighted by Gasteiger charge is -2.26. The Morgan fingerprint density at radius 2 is 1.94 bits per heavy atom. The Bertz CT molecular complexity index is 1080. The molecule has 3 N–H and O–H groups in total. The number of rotatable bonds is 6. The average Bonchev–Trinajstić information content (AvgIpc) is 3.26. The fourth-order valence-electron chi connectivity index (χ4n) is 2.76. The summed E-state index contributed by atoms with van der Waals surface area (Å²) < 4.78 is 11.3. The first kappa shape index (κ1) is 21.0. The molecule has 3 amide bonds. The number of H-pyrrole nitrogens is 1. The number of carbonyl (C=O) groups excluding carboxylic acids is 2. The Labute approximate surface area is 186 Å². The fraction of sp³-hybridized carbons (Fsp3) is 0.200. The van der Waals surface area contributed by atoms with Crippen molar-refractivity contribution in [3.63, 3.8) is 0 Å². The molecule has 3 aromatic rings. The summed E-state index contributed by atoms with van der Waals surface area (Å²) >= 11 is 6.99. The van der Waals surface area contributed by atoms with Gasteiger partial charge in [0, 0.05) is 10.6 Å². The SMILES string of the molecule is O=C(CSc1n[nH]c(-c2ccc(Cl)cc2)n1)NC(=O)NC[C@H]1COc2ccccc2O1. The van der Waals surface area contributed by atoms with Crippen molar-refractivity contribution in [3.8, 4) is 22.9 Å². The molecule has 1 atom stereocenters. The lowest BCUT2D eigenvalue weighted by Crippen LogP contribution is -2.46. The van der Waals surface area contributed by atoms with Crippen LogP contribution in [0.25, 0.3) is 11.4 Å². The van der Waals surface area contributed by atoms with Crippen LogP contribution in [0.1, 0.15) is 0 Å². The second-order valence-corrected chi connectivity index (χ2v) is 7.90. The van der Waals surface area contributed by atoms with Crippen LogP contribution in [0.2, 0.25) is 5.02 Å². The first-order chi connectivity index (χ1) is 15.1. The number of hydrogen-bond donors (Lipinski definition) is 3. The molecule has 1 aromatic heterocycles. The minimum absolute atomic E-state index is 0.0122. The highest BCUT2D eigenvalue weighted by Crippen LogP contribution is 2.30. The van der Waals surface area contributed by atoms with Crippen LogP contribution in [0.3, 0.4) is 0 Å². The van der Waals surface area contributed by atoms with Gasteiger partial charge in [-0.2, -0.15) is 0 Å². The molecule has 4 rings (SSSR count). The standard InChI is InChI=1S/C20H18ClN5O4S/c21-13-7-5-12(6-8-13)18-24-20(26-25-18)31-11-17(27)23-19(28)22-9-14-10-29-15-3-1-2-4-16(15)30-14/h1-8,14H,9-11H2,(H,24,25,26)(H2,22,23,27,28)/t14-/m0/s1. The predicted molar refractivity (Wildman–Crippen MR) is 115 cm³/mol. The maximum absolute atomic E-state index is 12.0. The van der Waals surface area contributed by atoms with E-state index in [0.29, 0.717) is 34.1 Å². The Morgan fingerprint density at radius 1 is 1.16 bits per heavy atom. The molecule has 0 bridgehead atoms. The molecule has 0 unspecified atom stereocenters. The zero-order valence-electron chi connectivity index (χ0n) is 16.1. The molecule has 9 nitrogen and oxygen atoms in total. The second kappa shape index (κ2) is 9.71. The number of hydrogen-bond acceptors (Lipinski definition) is 7. The number of nitrogens with one attached hydrogen (secondary N) is 3. The zero-order valence-corrected chi connectivity index (χ0v) is 17.7. The monoisotopic (exact) mass is 459 g/mol. The summed E-state index contributed by atoms with van der Waals surface area (Å²) in [7, 11) is 0. The minimum atomic E-state index is -0.607. The van der Waals surface area contributed by atoms with Gasteiger partial charge in [-0.25, -0.2) is 9.78 Å². The van der Waals surface area contributed by atoms with Crippen molar-refractivity contribution in [3.05, 3.63) is 53.6 Å². The molecule has 11 heteroatoms. The molecule has 0 spiro atoms. The number of aromatic nitrogens is 3. The van der Waals surface area contributed by atoms with Gasteiger partial charge in [0.15, 0.2) is 23.4 Å². The number of imide groups is 1. The lowest BCUT2D eigenvalue weighted by molar-refractivity contribution is -0.117. The number of ether oxygens (including phenoxy) is 2. The zero-order chi connectivity index (χ0) is 21.6. The van der Waals surface area contributed by atoms with Crippen molar-refractivity contribution in [2.75, 3.05) is 18.9 Å². The molecule has 0 fully saturated rings. The normalized spacial score (nSPS) is 14.7. The van der Waals surface area contributed by atoms with Gasteiger partial charge in [-0.05, 0) is 36.4 Å². The van der Waals surface area contributed by atoms with Crippen molar-refractivity contribution in [2.45, 2.75) is 11.3 Å². The van der Waals surface area contributed by atoms with Crippen LogP contribution < -0.4 is 20.1 Å². The van der Waals surface area contributed by atoms with Crippen molar-refractivity contribution in [1.29, 1.82) is 0 Å². The van der Waals surface area contributed by atoms with Gasteiger partial charge in [-0.3, -0.25) is 15.2 Å². The van der Waals surface area contributed by atoms with E-state index in [0.717, 1.165) is 17.3 Å².